The molecule has 2 nitrogen and oxygen atoms in total. The second-order valence-corrected chi connectivity index (χ2v) is 5.97. The van der Waals surface area contributed by atoms with Gasteiger partial charge in [0.05, 0.1) is 11.1 Å². The van der Waals surface area contributed by atoms with Gasteiger partial charge in [0.15, 0.2) is 0 Å². The lowest BCUT2D eigenvalue weighted by molar-refractivity contribution is 0.474. The Balaban J connectivity index is 1.86. The molecule has 2 aliphatic rings. The average molecular weight is 287 g/mol. The monoisotopic (exact) mass is 287 g/mol. The lowest BCUT2D eigenvalue weighted by Crippen LogP contribution is -2.21. The Kier molecular flexibility index (Phi) is 2.80. The molecule has 22 heavy (non-hydrogen) atoms. The van der Waals surface area contributed by atoms with Crippen LogP contribution in [0.5, 0.6) is 5.75 Å². The van der Waals surface area contributed by atoms with E-state index < -0.39 is 0 Å². The molecule has 1 heterocycles. The second kappa shape index (κ2) is 4.70. The summed E-state index contributed by atoms with van der Waals surface area (Å²) in [4.78, 5) is 4.75. The second-order valence-electron chi connectivity index (χ2n) is 5.97. The smallest absolute Gasteiger partial charge is 0.116 e. The number of aryl methyl sites for hydroxylation is 2. The predicted octanol–water partition coefficient (Wildman–Crippen LogP) is 3.03. The van der Waals surface area contributed by atoms with Gasteiger partial charge >= 0.3 is 0 Å². The van der Waals surface area contributed by atoms with Gasteiger partial charge in [0, 0.05) is 16.7 Å². The van der Waals surface area contributed by atoms with E-state index in [0.29, 0.717) is 5.75 Å². The molecule has 2 aromatic rings. The molecule has 1 atom stereocenters. The number of nitrogens with zero attached hydrogens (tertiary/aromatic N) is 1. The van der Waals surface area contributed by atoms with E-state index in [-0.39, 0.29) is 5.92 Å². The minimum Gasteiger partial charge on any atom is -0.508 e. The van der Waals surface area contributed by atoms with E-state index in [1.807, 2.05) is 32.0 Å². The maximum atomic E-state index is 9.73. The van der Waals surface area contributed by atoms with Crippen LogP contribution in [0.4, 0.5) is 0 Å². The van der Waals surface area contributed by atoms with Crippen LogP contribution >= 0.6 is 0 Å². The fourth-order valence-electron chi connectivity index (χ4n) is 3.51. The van der Waals surface area contributed by atoms with Gasteiger partial charge in [0.1, 0.15) is 5.75 Å². The number of aromatic hydroxyl groups is 1. The molecule has 2 aromatic carbocycles. The first-order valence-corrected chi connectivity index (χ1v) is 7.52. The van der Waals surface area contributed by atoms with Crippen LogP contribution in [0, 0.1) is 13.8 Å². The molecule has 0 radical (unpaired) electrons. The summed E-state index contributed by atoms with van der Waals surface area (Å²) in [5.41, 5.74) is 5.75. The topological polar surface area (TPSA) is 32.6 Å². The molecule has 1 aliphatic heterocycles. The lowest BCUT2D eigenvalue weighted by Gasteiger charge is -2.19. The number of fused-ring (bicyclic) bond motifs is 2. The largest absolute Gasteiger partial charge is 0.508 e. The molecule has 1 unspecified atom stereocenters. The van der Waals surface area contributed by atoms with E-state index in [1.54, 1.807) is 0 Å². The fraction of sp³-hybridized carbons (Fsp3) is 0.150. The van der Waals surface area contributed by atoms with Crippen LogP contribution in [0.1, 0.15) is 22.6 Å². The molecule has 0 saturated heterocycles. The summed E-state index contributed by atoms with van der Waals surface area (Å²) in [6, 6.07) is 11.9. The van der Waals surface area contributed by atoms with Gasteiger partial charge in [0.25, 0.3) is 0 Å². The Hall–Kier alpha value is -2.61. The van der Waals surface area contributed by atoms with Crippen LogP contribution in [-0.2, 0) is 0 Å². The van der Waals surface area contributed by atoms with Crippen molar-refractivity contribution in [3.05, 3.63) is 87.6 Å². The van der Waals surface area contributed by atoms with Gasteiger partial charge in [-0.15, -0.1) is 0 Å². The average Bonchev–Trinajstić information content (AvgIpc) is 2.84. The van der Waals surface area contributed by atoms with E-state index >= 15 is 0 Å². The summed E-state index contributed by atoms with van der Waals surface area (Å²) in [5, 5.41) is 12.0. The summed E-state index contributed by atoms with van der Waals surface area (Å²) in [5.74, 6) is 0.536. The Bertz CT molecular complexity index is 940. The highest BCUT2D eigenvalue weighted by Crippen LogP contribution is 2.35. The normalized spacial score (nSPS) is 18.5. The molecule has 0 amide bonds. The first-order chi connectivity index (χ1) is 10.6. The maximum Gasteiger partial charge on any atom is 0.116 e. The molecular formula is C20H17NO. The van der Waals surface area contributed by atoms with Gasteiger partial charge in [-0.1, -0.05) is 30.4 Å². The Morgan fingerprint density at radius 3 is 2.55 bits per heavy atom. The maximum absolute atomic E-state index is 9.73. The molecule has 4 rings (SSSR count). The van der Waals surface area contributed by atoms with E-state index in [0.717, 1.165) is 22.2 Å². The fourth-order valence-corrected chi connectivity index (χ4v) is 3.51. The zero-order valence-corrected chi connectivity index (χ0v) is 12.7. The van der Waals surface area contributed by atoms with Crippen molar-refractivity contribution >= 4 is 5.57 Å². The molecule has 0 saturated carbocycles. The number of para-hydroxylation sites is 1. The molecule has 0 bridgehead atoms. The van der Waals surface area contributed by atoms with Crippen molar-refractivity contribution in [1.29, 1.82) is 0 Å². The quantitative estimate of drug-likeness (QED) is 0.859. The third-order valence-electron chi connectivity index (χ3n) is 4.43. The summed E-state index contributed by atoms with van der Waals surface area (Å²) < 4.78 is 0. The first-order valence-electron chi connectivity index (χ1n) is 7.52. The van der Waals surface area contributed by atoms with Crippen molar-refractivity contribution in [3.8, 4) is 5.75 Å². The predicted molar refractivity (Wildman–Crippen MR) is 88.2 cm³/mol. The molecular weight excluding hydrogens is 270 g/mol. The highest BCUT2D eigenvalue weighted by molar-refractivity contribution is 5.77. The van der Waals surface area contributed by atoms with E-state index in [1.165, 1.54) is 16.4 Å². The number of hydrogen-bond donors (Lipinski definition) is 1. The van der Waals surface area contributed by atoms with Crippen molar-refractivity contribution in [2.24, 2.45) is 4.99 Å². The van der Waals surface area contributed by atoms with Crippen molar-refractivity contribution in [2.75, 3.05) is 0 Å². The molecule has 0 spiro atoms. The number of phenols is 1. The highest BCUT2D eigenvalue weighted by atomic mass is 16.3. The summed E-state index contributed by atoms with van der Waals surface area (Å²) in [7, 11) is 0. The molecule has 1 aliphatic carbocycles. The number of benzene rings is 2. The SMILES string of the molecule is Cc1cc(O)cc(C)c1C1C=CC2=c3ccccc3=NC2=C1. The Morgan fingerprint density at radius 1 is 1.05 bits per heavy atom. The lowest BCUT2D eigenvalue weighted by atomic mass is 9.86. The van der Waals surface area contributed by atoms with Crippen LogP contribution in [0.15, 0.2) is 65.3 Å². The Morgan fingerprint density at radius 2 is 1.77 bits per heavy atom. The standard InChI is InChI=1S/C20H17NO/c1-12-9-15(22)10-13(2)20(12)14-7-8-17-16-5-3-4-6-18(16)21-19(17)11-14/h3-11,14,22H,1-2H3. The zero-order chi connectivity index (χ0) is 15.3. The molecule has 108 valence electrons. The van der Waals surface area contributed by atoms with Crippen LogP contribution in [-0.4, -0.2) is 5.11 Å². The zero-order valence-electron chi connectivity index (χ0n) is 12.7. The van der Waals surface area contributed by atoms with Crippen molar-refractivity contribution in [3.63, 3.8) is 0 Å². The minimum absolute atomic E-state index is 0.206. The van der Waals surface area contributed by atoms with Crippen LogP contribution in [0.3, 0.4) is 0 Å². The third-order valence-corrected chi connectivity index (χ3v) is 4.43. The van der Waals surface area contributed by atoms with Gasteiger partial charge in [-0.3, -0.25) is 0 Å². The minimum atomic E-state index is 0.206. The van der Waals surface area contributed by atoms with E-state index in [4.69, 9.17) is 4.99 Å². The van der Waals surface area contributed by atoms with Crippen LogP contribution < -0.4 is 10.6 Å². The van der Waals surface area contributed by atoms with Crippen LogP contribution in [0.25, 0.3) is 5.57 Å². The molecule has 1 N–H and O–H groups in total. The van der Waals surface area contributed by atoms with Gasteiger partial charge < -0.3 is 5.11 Å². The van der Waals surface area contributed by atoms with Crippen molar-refractivity contribution < 1.29 is 5.11 Å². The van der Waals surface area contributed by atoms with E-state index in [9.17, 15) is 5.11 Å². The van der Waals surface area contributed by atoms with Gasteiger partial charge in [-0.25, -0.2) is 4.99 Å². The number of allylic oxidation sites excluding steroid dienone is 3. The van der Waals surface area contributed by atoms with Crippen molar-refractivity contribution in [1.82, 2.24) is 0 Å². The molecule has 0 fully saturated rings. The molecule has 0 aromatic heterocycles. The first kappa shape index (κ1) is 13.1. The summed E-state index contributed by atoms with van der Waals surface area (Å²) in [6.07, 6.45) is 6.63. The molecule has 2 heteroatoms. The highest BCUT2D eigenvalue weighted by Gasteiger charge is 2.20. The van der Waals surface area contributed by atoms with E-state index in [2.05, 4.69) is 36.4 Å². The van der Waals surface area contributed by atoms with Crippen LogP contribution in [0.2, 0.25) is 0 Å². The van der Waals surface area contributed by atoms with Gasteiger partial charge in [-0.05, 0) is 54.8 Å². The van der Waals surface area contributed by atoms with Crippen molar-refractivity contribution in [2.45, 2.75) is 19.8 Å². The van der Waals surface area contributed by atoms with Gasteiger partial charge in [-0.2, -0.15) is 0 Å². The van der Waals surface area contributed by atoms with Gasteiger partial charge in [0.2, 0.25) is 0 Å². The number of hydrogen-bond acceptors (Lipinski definition) is 2. The summed E-state index contributed by atoms with van der Waals surface area (Å²) in [6.45, 7) is 4.10. The Labute approximate surface area is 129 Å². The third kappa shape index (κ3) is 1.92. The number of phenolic OH excluding ortho intramolecular Hbond substituents is 1. The number of rotatable bonds is 1. The summed E-state index contributed by atoms with van der Waals surface area (Å²) >= 11 is 0.